The third-order valence-electron chi connectivity index (χ3n) is 3.50. The molecule has 5 nitrogen and oxygen atoms in total. The second-order valence-electron chi connectivity index (χ2n) is 5.43. The van der Waals surface area contributed by atoms with E-state index >= 15 is 0 Å². The van der Waals surface area contributed by atoms with Gasteiger partial charge in [-0.1, -0.05) is 13.0 Å². The lowest BCUT2D eigenvalue weighted by Gasteiger charge is -2.24. The molecule has 0 aliphatic heterocycles. The number of benzene rings is 1. The number of nitrogens with two attached hydrogens (primary N) is 1. The summed E-state index contributed by atoms with van der Waals surface area (Å²) in [6.45, 7) is 3.02. The fourth-order valence-electron chi connectivity index (χ4n) is 2.04. The number of alkyl halides is 2. The molecule has 0 radical (unpaired) electrons. The van der Waals surface area contributed by atoms with Crippen LogP contribution in [0.3, 0.4) is 0 Å². The largest absolute Gasteiger partial charge is 0.490 e. The van der Waals surface area contributed by atoms with Crippen LogP contribution in [-0.2, 0) is 11.3 Å². The summed E-state index contributed by atoms with van der Waals surface area (Å²) in [6.07, 6.45) is 0. The van der Waals surface area contributed by atoms with Crippen LogP contribution in [0.2, 0.25) is 0 Å². The van der Waals surface area contributed by atoms with Gasteiger partial charge in [0.15, 0.2) is 11.5 Å². The predicted molar refractivity (Wildman–Crippen MR) is 90.8 cm³/mol. The van der Waals surface area contributed by atoms with E-state index in [4.69, 9.17) is 10.5 Å². The standard InChI is InChI=1S/C16H24F2N2O3.ClH/c1-5-22-14-8-12(6-7-13(14)23-16(17)18)9-20(4)15(21)10(2)11(3)19;/h6-8,10-11,16H,5,9,19H2,1-4H3;1H. The first-order valence-corrected chi connectivity index (χ1v) is 7.47. The van der Waals surface area contributed by atoms with Crippen LogP contribution in [0.25, 0.3) is 0 Å². The molecule has 0 saturated heterocycles. The SMILES string of the molecule is CCOc1cc(CN(C)C(=O)C(C)C(C)N)ccc1OC(F)F.Cl. The molecule has 2 unspecified atom stereocenters. The fourth-order valence-corrected chi connectivity index (χ4v) is 2.04. The van der Waals surface area contributed by atoms with E-state index in [2.05, 4.69) is 4.74 Å². The number of ether oxygens (including phenoxy) is 2. The summed E-state index contributed by atoms with van der Waals surface area (Å²) in [4.78, 5) is 13.8. The summed E-state index contributed by atoms with van der Waals surface area (Å²) >= 11 is 0. The molecule has 0 aromatic heterocycles. The molecule has 1 amide bonds. The zero-order chi connectivity index (χ0) is 17.6. The third-order valence-corrected chi connectivity index (χ3v) is 3.50. The summed E-state index contributed by atoms with van der Waals surface area (Å²) < 4.78 is 34.5. The Labute approximate surface area is 147 Å². The Morgan fingerprint density at radius 1 is 1.29 bits per heavy atom. The maximum atomic E-state index is 12.4. The van der Waals surface area contributed by atoms with Crippen LogP contribution in [0.4, 0.5) is 8.78 Å². The van der Waals surface area contributed by atoms with Gasteiger partial charge < -0.3 is 20.1 Å². The Hall–Kier alpha value is -1.60. The number of halogens is 3. The van der Waals surface area contributed by atoms with Crippen molar-refractivity contribution in [2.24, 2.45) is 11.7 Å². The molecule has 138 valence electrons. The van der Waals surface area contributed by atoms with Crippen LogP contribution in [0, 0.1) is 5.92 Å². The lowest BCUT2D eigenvalue weighted by atomic mass is 10.0. The van der Waals surface area contributed by atoms with Gasteiger partial charge in [-0.2, -0.15) is 8.78 Å². The number of hydrogen-bond donors (Lipinski definition) is 1. The maximum absolute atomic E-state index is 12.4. The highest BCUT2D eigenvalue weighted by molar-refractivity contribution is 5.85. The van der Waals surface area contributed by atoms with E-state index in [9.17, 15) is 13.6 Å². The molecule has 8 heteroatoms. The zero-order valence-electron chi connectivity index (χ0n) is 14.3. The highest BCUT2D eigenvalue weighted by Crippen LogP contribution is 2.30. The zero-order valence-corrected chi connectivity index (χ0v) is 15.1. The summed E-state index contributed by atoms with van der Waals surface area (Å²) in [5.74, 6) is -0.173. The van der Waals surface area contributed by atoms with Gasteiger partial charge in [-0.25, -0.2) is 0 Å². The van der Waals surface area contributed by atoms with Crippen molar-refractivity contribution in [3.63, 3.8) is 0 Å². The second kappa shape index (κ2) is 10.3. The molecule has 24 heavy (non-hydrogen) atoms. The minimum absolute atomic E-state index is 0. The van der Waals surface area contributed by atoms with Gasteiger partial charge in [-0.05, 0) is 31.5 Å². The van der Waals surface area contributed by atoms with Gasteiger partial charge in [-0.3, -0.25) is 4.79 Å². The summed E-state index contributed by atoms with van der Waals surface area (Å²) in [6, 6.07) is 4.40. The van der Waals surface area contributed by atoms with Crippen molar-refractivity contribution < 1.29 is 23.0 Å². The highest BCUT2D eigenvalue weighted by atomic mass is 35.5. The molecule has 1 rings (SSSR count). The van der Waals surface area contributed by atoms with Crippen molar-refractivity contribution >= 4 is 18.3 Å². The first kappa shape index (κ1) is 22.4. The van der Waals surface area contributed by atoms with Gasteiger partial charge in [0, 0.05) is 19.6 Å². The van der Waals surface area contributed by atoms with Gasteiger partial charge >= 0.3 is 6.61 Å². The van der Waals surface area contributed by atoms with Crippen molar-refractivity contribution in [1.29, 1.82) is 0 Å². The van der Waals surface area contributed by atoms with Gasteiger partial charge in [0.1, 0.15) is 0 Å². The van der Waals surface area contributed by atoms with E-state index in [0.29, 0.717) is 13.2 Å². The normalized spacial score (nSPS) is 13.0. The molecule has 0 heterocycles. The average Bonchev–Trinajstić information content (AvgIpc) is 2.48. The van der Waals surface area contributed by atoms with Crippen molar-refractivity contribution in [3.8, 4) is 11.5 Å². The lowest BCUT2D eigenvalue weighted by Crippen LogP contribution is -2.39. The molecule has 0 bridgehead atoms. The van der Waals surface area contributed by atoms with Gasteiger partial charge in [-0.15, -0.1) is 12.4 Å². The monoisotopic (exact) mass is 366 g/mol. The van der Waals surface area contributed by atoms with Crippen LogP contribution in [0.15, 0.2) is 18.2 Å². The Morgan fingerprint density at radius 3 is 2.42 bits per heavy atom. The first-order chi connectivity index (χ1) is 10.8. The molecule has 0 saturated carbocycles. The highest BCUT2D eigenvalue weighted by Gasteiger charge is 2.21. The quantitative estimate of drug-likeness (QED) is 0.768. The van der Waals surface area contributed by atoms with Gasteiger partial charge in [0.05, 0.1) is 12.5 Å². The lowest BCUT2D eigenvalue weighted by molar-refractivity contribution is -0.134. The van der Waals surface area contributed by atoms with E-state index < -0.39 is 6.61 Å². The maximum Gasteiger partial charge on any atom is 0.387 e. The molecule has 1 aromatic rings. The minimum Gasteiger partial charge on any atom is -0.490 e. The number of rotatable bonds is 8. The Kier molecular flexibility index (Phi) is 9.62. The van der Waals surface area contributed by atoms with Crippen molar-refractivity contribution in [1.82, 2.24) is 4.90 Å². The summed E-state index contributed by atoms with van der Waals surface area (Å²) in [5, 5.41) is 0. The Morgan fingerprint density at radius 2 is 1.92 bits per heavy atom. The van der Waals surface area contributed by atoms with Crippen LogP contribution < -0.4 is 15.2 Å². The molecular formula is C16H25ClF2N2O3. The molecule has 0 spiro atoms. The Balaban J connectivity index is 0.00000529. The van der Waals surface area contributed by atoms with E-state index in [1.165, 1.54) is 6.07 Å². The number of carbonyl (C=O) groups is 1. The van der Waals surface area contributed by atoms with Crippen LogP contribution in [0.5, 0.6) is 11.5 Å². The minimum atomic E-state index is -2.92. The smallest absolute Gasteiger partial charge is 0.387 e. The molecule has 0 aliphatic rings. The van der Waals surface area contributed by atoms with Gasteiger partial charge in [0.25, 0.3) is 0 Å². The van der Waals surface area contributed by atoms with Crippen LogP contribution in [0.1, 0.15) is 26.3 Å². The number of nitrogens with zero attached hydrogens (tertiary/aromatic N) is 1. The molecule has 0 fully saturated rings. The number of hydrogen-bond acceptors (Lipinski definition) is 4. The number of amides is 1. The van der Waals surface area contributed by atoms with Crippen LogP contribution in [-0.4, -0.2) is 37.1 Å². The number of carbonyl (C=O) groups excluding carboxylic acids is 1. The molecule has 2 atom stereocenters. The van der Waals surface area contributed by atoms with E-state index in [-0.39, 0.29) is 41.8 Å². The first-order valence-electron chi connectivity index (χ1n) is 7.47. The van der Waals surface area contributed by atoms with Gasteiger partial charge in [0.2, 0.25) is 5.91 Å². The predicted octanol–water partition coefficient (Wildman–Crippen LogP) is 3.05. The second-order valence-corrected chi connectivity index (χ2v) is 5.43. The molecule has 0 aliphatic carbocycles. The van der Waals surface area contributed by atoms with Crippen molar-refractivity contribution in [2.75, 3.05) is 13.7 Å². The summed E-state index contributed by atoms with van der Waals surface area (Å²) in [5.41, 5.74) is 6.50. The molecule has 2 N–H and O–H groups in total. The fraction of sp³-hybridized carbons (Fsp3) is 0.562. The van der Waals surface area contributed by atoms with Crippen molar-refractivity contribution in [2.45, 2.75) is 40.0 Å². The Bertz CT molecular complexity index is 530. The molecule has 1 aromatic carbocycles. The van der Waals surface area contributed by atoms with E-state index in [0.717, 1.165) is 5.56 Å². The summed E-state index contributed by atoms with van der Waals surface area (Å²) in [7, 11) is 1.67. The van der Waals surface area contributed by atoms with Crippen molar-refractivity contribution in [3.05, 3.63) is 23.8 Å². The van der Waals surface area contributed by atoms with E-state index in [1.54, 1.807) is 44.9 Å². The topological polar surface area (TPSA) is 64.8 Å². The molecular weight excluding hydrogens is 342 g/mol. The third kappa shape index (κ3) is 6.49. The van der Waals surface area contributed by atoms with E-state index in [1.807, 2.05) is 0 Å². The average molecular weight is 367 g/mol. The van der Waals surface area contributed by atoms with Crippen LogP contribution >= 0.6 is 12.4 Å².